The van der Waals surface area contributed by atoms with Gasteiger partial charge in [-0.15, -0.1) is 0 Å². The Balaban J connectivity index is 2.14. The van der Waals surface area contributed by atoms with Gasteiger partial charge in [0.2, 0.25) is 0 Å². The standard InChI is InChI=1S/C18H22Cl2F2N4O/c1-24-10-12(9-23)15(26-7-5-18(21,22)6-8-26)11-25-17(27)13-3-2-4-14(19)16(13)20/h2-4,9-10,15,23-24H,5-8,11H2,1H3,(H,25,27)/b12-10+,23-9?. The molecule has 27 heavy (non-hydrogen) atoms. The lowest BCUT2D eigenvalue weighted by molar-refractivity contribution is -0.0598. The average molecular weight is 419 g/mol. The predicted octanol–water partition coefficient (Wildman–Crippen LogP) is 3.58. The van der Waals surface area contributed by atoms with Crippen LogP contribution >= 0.6 is 23.2 Å². The van der Waals surface area contributed by atoms with E-state index in [0.717, 1.165) is 6.21 Å². The number of benzene rings is 1. The molecule has 1 aromatic rings. The molecule has 1 fully saturated rings. The number of amides is 1. The Kier molecular flexibility index (Phi) is 7.59. The largest absolute Gasteiger partial charge is 0.394 e. The van der Waals surface area contributed by atoms with Crippen molar-refractivity contribution in [2.75, 3.05) is 26.7 Å². The summed E-state index contributed by atoms with van der Waals surface area (Å²) in [6.45, 7) is 0.511. The van der Waals surface area contributed by atoms with E-state index in [1.165, 1.54) is 0 Å². The number of nitrogens with one attached hydrogen (secondary N) is 3. The second-order valence-corrected chi connectivity index (χ2v) is 7.08. The summed E-state index contributed by atoms with van der Waals surface area (Å²) in [5.41, 5.74) is 0.822. The zero-order chi connectivity index (χ0) is 20.0. The summed E-state index contributed by atoms with van der Waals surface area (Å²) < 4.78 is 27.0. The molecule has 0 saturated carbocycles. The molecule has 2 rings (SSSR count). The van der Waals surface area contributed by atoms with Crippen LogP contribution < -0.4 is 10.6 Å². The fraction of sp³-hybridized carbons (Fsp3) is 0.444. The van der Waals surface area contributed by atoms with Gasteiger partial charge >= 0.3 is 0 Å². The minimum atomic E-state index is -2.67. The number of likely N-dealkylation sites (tertiary alicyclic amines) is 1. The maximum Gasteiger partial charge on any atom is 0.252 e. The SMILES string of the molecule is CN/C=C(\C=N)C(CNC(=O)c1cccc(Cl)c1Cl)N1CCC(F)(F)CC1. The zero-order valence-electron chi connectivity index (χ0n) is 14.9. The number of halogens is 4. The molecule has 148 valence electrons. The highest BCUT2D eigenvalue weighted by atomic mass is 35.5. The van der Waals surface area contributed by atoms with Crippen LogP contribution in [0.3, 0.4) is 0 Å². The third kappa shape index (κ3) is 5.64. The molecule has 1 unspecified atom stereocenters. The van der Waals surface area contributed by atoms with E-state index in [-0.39, 0.29) is 48.1 Å². The fourth-order valence-corrected chi connectivity index (χ4v) is 3.37. The fourth-order valence-electron chi connectivity index (χ4n) is 2.99. The van der Waals surface area contributed by atoms with E-state index in [4.69, 9.17) is 28.6 Å². The van der Waals surface area contributed by atoms with Crippen LogP contribution in [-0.4, -0.2) is 55.7 Å². The highest BCUT2D eigenvalue weighted by Crippen LogP contribution is 2.29. The number of carbonyl (C=O) groups excluding carboxylic acids is 1. The lowest BCUT2D eigenvalue weighted by Gasteiger charge is -2.38. The van der Waals surface area contributed by atoms with Crippen LogP contribution in [0.1, 0.15) is 23.2 Å². The maximum absolute atomic E-state index is 13.5. The molecule has 5 nitrogen and oxygen atoms in total. The minimum absolute atomic E-state index is 0.149. The molecule has 1 aliphatic heterocycles. The zero-order valence-corrected chi connectivity index (χ0v) is 16.4. The van der Waals surface area contributed by atoms with Gasteiger partial charge in [0.15, 0.2) is 0 Å². The van der Waals surface area contributed by atoms with Crippen molar-refractivity contribution in [1.82, 2.24) is 15.5 Å². The number of piperidine rings is 1. The van der Waals surface area contributed by atoms with Gasteiger partial charge in [0.05, 0.1) is 21.7 Å². The third-order valence-corrected chi connectivity index (χ3v) is 5.30. The van der Waals surface area contributed by atoms with Crippen molar-refractivity contribution in [1.29, 1.82) is 5.41 Å². The number of carbonyl (C=O) groups is 1. The van der Waals surface area contributed by atoms with Gasteiger partial charge < -0.3 is 16.0 Å². The van der Waals surface area contributed by atoms with Crippen LogP contribution in [0.2, 0.25) is 10.0 Å². The summed E-state index contributed by atoms with van der Waals surface area (Å²) in [6.07, 6.45) is 2.29. The minimum Gasteiger partial charge on any atom is -0.394 e. The van der Waals surface area contributed by atoms with Gasteiger partial charge in [0.1, 0.15) is 0 Å². The lowest BCUT2D eigenvalue weighted by atomic mass is 10.0. The van der Waals surface area contributed by atoms with E-state index in [1.54, 1.807) is 31.4 Å². The molecular formula is C18H22Cl2F2N4O. The Morgan fingerprint density at radius 1 is 1.37 bits per heavy atom. The van der Waals surface area contributed by atoms with E-state index in [2.05, 4.69) is 10.6 Å². The van der Waals surface area contributed by atoms with E-state index < -0.39 is 17.9 Å². The van der Waals surface area contributed by atoms with E-state index in [9.17, 15) is 13.6 Å². The van der Waals surface area contributed by atoms with Crippen LogP contribution in [0.15, 0.2) is 30.0 Å². The van der Waals surface area contributed by atoms with Gasteiger partial charge in [-0.25, -0.2) is 8.78 Å². The number of nitrogens with zero attached hydrogens (tertiary/aromatic N) is 1. The molecule has 1 aromatic carbocycles. The Morgan fingerprint density at radius 3 is 2.63 bits per heavy atom. The van der Waals surface area contributed by atoms with Crippen molar-refractivity contribution in [3.63, 3.8) is 0 Å². The molecule has 1 heterocycles. The van der Waals surface area contributed by atoms with Crippen molar-refractivity contribution < 1.29 is 13.6 Å². The summed E-state index contributed by atoms with van der Waals surface area (Å²) in [7, 11) is 1.69. The smallest absolute Gasteiger partial charge is 0.252 e. The van der Waals surface area contributed by atoms with Crippen molar-refractivity contribution in [3.05, 3.63) is 45.6 Å². The quantitative estimate of drug-likeness (QED) is 0.592. The Hall–Kier alpha value is -1.70. The van der Waals surface area contributed by atoms with Crippen molar-refractivity contribution in [3.8, 4) is 0 Å². The second-order valence-electron chi connectivity index (χ2n) is 6.30. The number of hydrogen-bond donors (Lipinski definition) is 3. The first kappa shape index (κ1) is 21.6. The first-order valence-electron chi connectivity index (χ1n) is 8.51. The molecule has 3 N–H and O–H groups in total. The van der Waals surface area contributed by atoms with Crippen LogP contribution in [0.4, 0.5) is 8.78 Å². The van der Waals surface area contributed by atoms with Gasteiger partial charge in [0.25, 0.3) is 11.8 Å². The van der Waals surface area contributed by atoms with E-state index in [1.807, 2.05) is 4.90 Å². The Labute approximate surface area is 167 Å². The predicted molar refractivity (Wildman–Crippen MR) is 104 cm³/mol. The number of alkyl halides is 2. The molecule has 1 atom stereocenters. The molecule has 0 aliphatic carbocycles. The highest BCUT2D eigenvalue weighted by Gasteiger charge is 2.37. The third-order valence-electron chi connectivity index (χ3n) is 4.48. The molecule has 1 aliphatic rings. The average Bonchev–Trinajstić information content (AvgIpc) is 2.63. The van der Waals surface area contributed by atoms with Crippen LogP contribution in [0, 0.1) is 5.41 Å². The molecule has 0 aromatic heterocycles. The summed E-state index contributed by atoms with van der Waals surface area (Å²) in [4.78, 5) is 14.3. The van der Waals surface area contributed by atoms with Crippen molar-refractivity contribution in [2.24, 2.45) is 0 Å². The molecular weight excluding hydrogens is 397 g/mol. The maximum atomic E-state index is 13.5. The normalized spacial score (nSPS) is 18.6. The number of hydrogen-bond acceptors (Lipinski definition) is 4. The molecule has 0 bridgehead atoms. The van der Waals surface area contributed by atoms with E-state index in [0.29, 0.717) is 5.57 Å². The lowest BCUT2D eigenvalue weighted by Crippen LogP contribution is -2.50. The van der Waals surface area contributed by atoms with Crippen LogP contribution in [-0.2, 0) is 0 Å². The molecule has 9 heteroatoms. The summed E-state index contributed by atoms with van der Waals surface area (Å²) >= 11 is 12.0. The van der Waals surface area contributed by atoms with Gasteiger partial charge in [-0.1, -0.05) is 29.3 Å². The van der Waals surface area contributed by atoms with E-state index >= 15 is 0 Å². The van der Waals surface area contributed by atoms with Crippen LogP contribution in [0.25, 0.3) is 0 Å². The first-order valence-corrected chi connectivity index (χ1v) is 9.26. The monoisotopic (exact) mass is 418 g/mol. The van der Waals surface area contributed by atoms with Gasteiger partial charge in [-0.2, -0.15) is 0 Å². The Bertz CT molecular complexity index is 717. The van der Waals surface area contributed by atoms with Gasteiger partial charge in [-0.3, -0.25) is 9.69 Å². The van der Waals surface area contributed by atoms with Crippen molar-refractivity contribution >= 4 is 35.3 Å². The highest BCUT2D eigenvalue weighted by molar-refractivity contribution is 6.43. The summed E-state index contributed by atoms with van der Waals surface area (Å²) in [5, 5.41) is 13.7. The first-order chi connectivity index (χ1) is 12.8. The van der Waals surface area contributed by atoms with Gasteiger partial charge in [0, 0.05) is 57.5 Å². The molecule has 1 saturated heterocycles. The molecule has 0 spiro atoms. The number of rotatable bonds is 7. The van der Waals surface area contributed by atoms with Crippen molar-refractivity contribution in [2.45, 2.75) is 24.8 Å². The molecule has 0 radical (unpaired) electrons. The Morgan fingerprint density at radius 2 is 2.04 bits per heavy atom. The summed E-state index contributed by atoms with van der Waals surface area (Å²) in [5.74, 6) is -3.08. The summed E-state index contributed by atoms with van der Waals surface area (Å²) in [6, 6.07) is 4.35. The topological polar surface area (TPSA) is 68.2 Å². The molecule has 1 amide bonds. The van der Waals surface area contributed by atoms with Crippen LogP contribution in [0.5, 0.6) is 0 Å². The van der Waals surface area contributed by atoms with Gasteiger partial charge in [-0.05, 0) is 12.1 Å². The second kappa shape index (κ2) is 9.48.